The van der Waals surface area contributed by atoms with Crippen molar-refractivity contribution in [2.45, 2.75) is 27.2 Å². The Labute approximate surface area is 59.3 Å². The summed E-state index contributed by atoms with van der Waals surface area (Å²) in [7, 11) is 0. The molecule has 0 spiro atoms. The summed E-state index contributed by atoms with van der Waals surface area (Å²) in [5, 5.41) is 0. The Bertz CT molecular complexity index is 60.4. The van der Waals surface area contributed by atoms with Crippen LogP contribution in [-0.2, 0) is 0 Å². The summed E-state index contributed by atoms with van der Waals surface area (Å²) in [5.41, 5.74) is 0. The minimum absolute atomic E-state index is 0.780. The average molecular weight is 126 g/mol. The maximum absolute atomic E-state index is 3.60. The molecule has 0 rings (SSSR count). The molecule has 0 aromatic rings. The van der Waals surface area contributed by atoms with E-state index < -0.39 is 0 Å². The SMILES string of the molecule is C=CC.C=CCC(C)C. The van der Waals surface area contributed by atoms with Crippen molar-refractivity contribution in [3.05, 3.63) is 25.3 Å². The molecule has 0 atom stereocenters. The fourth-order valence-electron chi connectivity index (χ4n) is 0.333. The quantitative estimate of drug-likeness (QED) is 0.497. The molecule has 0 nitrogen and oxygen atoms in total. The predicted octanol–water partition coefficient (Wildman–Crippen LogP) is 3.41. The number of allylic oxidation sites excluding steroid dienone is 2. The van der Waals surface area contributed by atoms with Gasteiger partial charge in [0.15, 0.2) is 0 Å². The van der Waals surface area contributed by atoms with Crippen LogP contribution in [0.1, 0.15) is 27.2 Å². The highest BCUT2D eigenvalue weighted by atomic mass is 13.9. The molecule has 0 fully saturated rings. The van der Waals surface area contributed by atoms with E-state index in [0.717, 1.165) is 12.3 Å². The number of hydrogen-bond acceptors (Lipinski definition) is 0. The first-order valence-electron chi connectivity index (χ1n) is 3.37. The largest absolute Gasteiger partial charge is 0.103 e. The zero-order chi connectivity index (χ0) is 7.70. The van der Waals surface area contributed by atoms with Crippen molar-refractivity contribution >= 4 is 0 Å². The van der Waals surface area contributed by atoms with E-state index in [9.17, 15) is 0 Å². The summed E-state index contributed by atoms with van der Waals surface area (Å²) in [5.74, 6) is 0.780. The summed E-state index contributed by atoms with van der Waals surface area (Å²) in [6.07, 6.45) is 4.84. The van der Waals surface area contributed by atoms with Gasteiger partial charge in [-0.3, -0.25) is 0 Å². The van der Waals surface area contributed by atoms with Crippen molar-refractivity contribution in [1.29, 1.82) is 0 Å². The van der Waals surface area contributed by atoms with Gasteiger partial charge in [0.05, 0.1) is 0 Å². The van der Waals surface area contributed by atoms with Crippen LogP contribution in [0, 0.1) is 5.92 Å². The van der Waals surface area contributed by atoms with Gasteiger partial charge in [0.2, 0.25) is 0 Å². The van der Waals surface area contributed by atoms with E-state index in [1.54, 1.807) is 6.08 Å². The molecule has 0 unspecified atom stereocenters. The maximum Gasteiger partial charge on any atom is -0.0330 e. The third-order valence-electron chi connectivity index (χ3n) is 0.638. The van der Waals surface area contributed by atoms with Crippen molar-refractivity contribution in [2.24, 2.45) is 5.92 Å². The average Bonchev–Trinajstić information content (AvgIpc) is 1.67. The van der Waals surface area contributed by atoms with E-state index in [1.165, 1.54) is 0 Å². The molecule has 0 aliphatic rings. The fraction of sp³-hybridized carbons (Fsp3) is 0.556. The molecular weight excluding hydrogens is 108 g/mol. The minimum atomic E-state index is 0.780. The van der Waals surface area contributed by atoms with Crippen LogP contribution in [0.25, 0.3) is 0 Å². The van der Waals surface area contributed by atoms with Crippen molar-refractivity contribution in [3.8, 4) is 0 Å². The van der Waals surface area contributed by atoms with Crippen LogP contribution in [-0.4, -0.2) is 0 Å². The molecule has 0 aliphatic carbocycles. The lowest BCUT2D eigenvalue weighted by molar-refractivity contribution is 0.664. The monoisotopic (exact) mass is 126 g/mol. The molecule has 0 aromatic carbocycles. The highest BCUT2D eigenvalue weighted by Gasteiger charge is 1.82. The van der Waals surface area contributed by atoms with Gasteiger partial charge < -0.3 is 0 Å². The molecule has 0 heterocycles. The molecular formula is C9H18. The molecule has 0 aromatic heterocycles. The van der Waals surface area contributed by atoms with Crippen molar-refractivity contribution in [2.75, 3.05) is 0 Å². The smallest absolute Gasteiger partial charge is 0.0330 e. The van der Waals surface area contributed by atoms with Gasteiger partial charge in [0, 0.05) is 0 Å². The molecule has 0 saturated heterocycles. The van der Waals surface area contributed by atoms with E-state index in [1.807, 2.05) is 13.0 Å². The van der Waals surface area contributed by atoms with Crippen LogP contribution in [0.2, 0.25) is 0 Å². The Morgan fingerprint density at radius 2 is 1.67 bits per heavy atom. The Hall–Kier alpha value is -0.520. The van der Waals surface area contributed by atoms with Gasteiger partial charge in [0.1, 0.15) is 0 Å². The standard InChI is InChI=1S/C6H12.C3H6/c1-4-5-6(2)3;1-3-2/h4,6H,1,5H2,2-3H3;3H,1H2,2H3. The van der Waals surface area contributed by atoms with Crippen LogP contribution in [0.3, 0.4) is 0 Å². The van der Waals surface area contributed by atoms with Crippen LogP contribution in [0.4, 0.5) is 0 Å². The Kier molecular flexibility index (Phi) is 13.1. The molecule has 9 heavy (non-hydrogen) atoms. The van der Waals surface area contributed by atoms with Gasteiger partial charge in [-0.15, -0.1) is 13.2 Å². The fourth-order valence-corrected chi connectivity index (χ4v) is 0.333. The van der Waals surface area contributed by atoms with Gasteiger partial charge in [-0.25, -0.2) is 0 Å². The first-order chi connectivity index (χ1) is 4.18. The van der Waals surface area contributed by atoms with E-state index >= 15 is 0 Å². The van der Waals surface area contributed by atoms with Gasteiger partial charge in [0.25, 0.3) is 0 Å². The van der Waals surface area contributed by atoms with E-state index in [0.29, 0.717) is 0 Å². The number of rotatable bonds is 2. The third kappa shape index (κ3) is 36.5. The third-order valence-corrected chi connectivity index (χ3v) is 0.638. The van der Waals surface area contributed by atoms with Gasteiger partial charge in [-0.05, 0) is 19.3 Å². The second-order valence-corrected chi connectivity index (χ2v) is 2.33. The van der Waals surface area contributed by atoms with Crippen LogP contribution in [0.15, 0.2) is 25.3 Å². The second-order valence-electron chi connectivity index (χ2n) is 2.33. The highest BCUT2D eigenvalue weighted by molar-refractivity contribution is 4.67. The Morgan fingerprint density at radius 3 is 1.67 bits per heavy atom. The molecule has 0 saturated carbocycles. The molecule has 0 N–H and O–H groups in total. The van der Waals surface area contributed by atoms with Crippen molar-refractivity contribution in [3.63, 3.8) is 0 Å². The summed E-state index contributed by atoms with van der Waals surface area (Å²) in [6.45, 7) is 13.2. The highest BCUT2D eigenvalue weighted by Crippen LogP contribution is 1.96. The summed E-state index contributed by atoms with van der Waals surface area (Å²) in [4.78, 5) is 0. The molecule has 0 radical (unpaired) electrons. The van der Waals surface area contributed by atoms with Gasteiger partial charge in [-0.2, -0.15) is 0 Å². The Morgan fingerprint density at radius 1 is 1.33 bits per heavy atom. The number of hydrogen-bond donors (Lipinski definition) is 0. The topological polar surface area (TPSA) is 0 Å². The van der Waals surface area contributed by atoms with Crippen LogP contribution >= 0.6 is 0 Å². The molecule has 54 valence electrons. The van der Waals surface area contributed by atoms with E-state index in [2.05, 4.69) is 27.0 Å². The van der Waals surface area contributed by atoms with E-state index in [-0.39, 0.29) is 0 Å². The lowest BCUT2D eigenvalue weighted by atomic mass is 10.1. The van der Waals surface area contributed by atoms with Crippen LogP contribution < -0.4 is 0 Å². The first kappa shape index (κ1) is 11.3. The zero-order valence-electron chi connectivity index (χ0n) is 6.85. The maximum atomic E-state index is 3.60. The van der Waals surface area contributed by atoms with Crippen molar-refractivity contribution in [1.82, 2.24) is 0 Å². The molecule has 0 aliphatic heterocycles. The predicted molar refractivity (Wildman–Crippen MR) is 45.5 cm³/mol. The molecule has 0 bridgehead atoms. The van der Waals surface area contributed by atoms with Gasteiger partial charge >= 0.3 is 0 Å². The molecule has 0 heteroatoms. The summed E-state index contributed by atoms with van der Waals surface area (Å²) >= 11 is 0. The zero-order valence-corrected chi connectivity index (χ0v) is 6.85. The van der Waals surface area contributed by atoms with E-state index in [4.69, 9.17) is 0 Å². The van der Waals surface area contributed by atoms with Gasteiger partial charge in [-0.1, -0.05) is 26.0 Å². The minimum Gasteiger partial charge on any atom is -0.103 e. The summed E-state index contributed by atoms with van der Waals surface area (Å²) < 4.78 is 0. The van der Waals surface area contributed by atoms with Crippen molar-refractivity contribution < 1.29 is 0 Å². The normalized spacial score (nSPS) is 7.56. The van der Waals surface area contributed by atoms with Crippen LogP contribution in [0.5, 0.6) is 0 Å². The second kappa shape index (κ2) is 10.5. The lowest BCUT2D eigenvalue weighted by Crippen LogP contribution is -1.78. The molecule has 0 amide bonds. The summed E-state index contributed by atoms with van der Waals surface area (Å²) in [6, 6.07) is 0. The first-order valence-corrected chi connectivity index (χ1v) is 3.37. The Balaban J connectivity index is 0. The lowest BCUT2D eigenvalue weighted by Gasteiger charge is -1.92.